The zero-order valence-corrected chi connectivity index (χ0v) is 14.1. The number of hydrogen-bond donors (Lipinski definition) is 2. The number of sulfonamides is 1. The standard InChI is InChI=1S/C11H15BrN2O4S2/c1-7(6-19(2)16)14-11(15)9-5-8(20(13,17)18)3-4-10(9)12/h3-5,7H,6H2,1-2H3,(H,14,15)(H2,13,17,18). The van der Waals surface area contributed by atoms with E-state index in [1.54, 1.807) is 13.2 Å². The lowest BCUT2D eigenvalue weighted by Crippen LogP contribution is -2.36. The summed E-state index contributed by atoms with van der Waals surface area (Å²) in [6, 6.07) is 3.65. The van der Waals surface area contributed by atoms with Gasteiger partial charge in [-0.15, -0.1) is 0 Å². The molecule has 1 aromatic carbocycles. The summed E-state index contributed by atoms with van der Waals surface area (Å²) in [6.07, 6.45) is 1.54. The molecule has 9 heteroatoms. The van der Waals surface area contributed by atoms with Crippen LogP contribution in [0.3, 0.4) is 0 Å². The number of halogens is 1. The van der Waals surface area contributed by atoms with Crippen LogP contribution < -0.4 is 10.5 Å². The molecular weight excluding hydrogens is 368 g/mol. The summed E-state index contributed by atoms with van der Waals surface area (Å²) < 4.78 is 34.1. The molecule has 2 atom stereocenters. The van der Waals surface area contributed by atoms with Crippen LogP contribution in [0.2, 0.25) is 0 Å². The smallest absolute Gasteiger partial charge is 0.252 e. The number of primary sulfonamides is 1. The molecule has 0 saturated carbocycles. The molecule has 0 bridgehead atoms. The molecule has 0 aliphatic rings. The molecule has 0 saturated heterocycles. The number of nitrogens with one attached hydrogen (secondary N) is 1. The van der Waals surface area contributed by atoms with Crippen molar-refractivity contribution < 1.29 is 17.4 Å². The molecule has 2 unspecified atom stereocenters. The number of amides is 1. The highest BCUT2D eigenvalue weighted by molar-refractivity contribution is 9.10. The second-order valence-electron chi connectivity index (χ2n) is 4.30. The quantitative estimate of drug-likeness (QED) is 0.776. The van der Waals surface area contributed by atoms with E-state index in [2.05, 4.69) is 21.2 Å². The Morgan fingerprint density at radius 1 is 1.50 bits per heavy atom. The Hall–Kier alpha value is -0.770. The molecule has 1 amide bonds. The predicted molar refractivity (Wildman–Crippen MR) is 81.4 cm³/mol. The first kappa shape index (κ1) is 17.3. The van der Waals surface area contributed by atoms with Gasteiger partial charge in [0.05, 0.1) is 10.5 Å². The summed E-state index contributed by atoms with van der Waals surface area (Å²) >= 11 is 3.18. The summed E-state index contributed by atoms with van der Waals surface area (Å²) in [7, 11) is -4.91. The van der Waals surface area contributed by atoms with Crippen LogP contribution in [0.15, 0.2) is 27.6 Å². The van der Waals surface area contributed by atoms with E-state index in [4.69, 9.17) is 5.14 Å². The van der Waals surface area contributed by atoms with E-state index < -0.39 is 26.7 Å². The number of nitrogens with two attached hydrogens (primary N) is 1. The average molecular weight is 383 g/mol. The van der Waals surface area contributed by atoms with Crippen LogP contribution in [0.5, 0.6) is 0 Å². The molecule has 1 rings (SSSR count). The third-order valence-electron chi connectivity index (χ3n) is 2.37. The maximum absolute atomic E-state index is 12.1. The summed E-state index contributed by atoms with van der Waals surface area (Å²) in [6.45, 7) is 1.72. The van der Waals surface area contributed by atoms with E-state index in [0.717, 1.165) is 0 Å². The number of carbonyl (C=O) groups excluding carboxylic acids is 1. The second-order valence-corrected chi connectivity index (χ2v) is 8.20. The van der Waals surface area contributed by atoms with E-state index in [0.29, 0.717) is 10.2 Å². The summed E-state index contributed by atoms with van der Waals surface area (Å²) in [4.78, 5) is 11.9. The molecule has 1 aromatic rings. The minimum atomic E-state index is -3.87. The van der Waals surface area contributed by atoms with E-state index >= 15 is 0 Å². The highest BCUT2D eigenvalue weighted by Gasteiger charge is 2.17. The summed E-state index contributed by atoms with van der Waals surface area (Å²) in [5.74, 6) is -0.140. The van der Waals surface area contributed by atoms with Crippen molar-refractivity contribution in [3.8, 4) is 0 Å². The average Bonchev–Trinajstić information content (AvgIpc) is 2.26. The van der Waals surface area contributed by atoms with Gasteiger partial charge in [-0.2, -0.15) is 0 Å². The molecule has 0 aliphatic heterocycles. The zero-order valence-electron chi connectivity index (χ0n) is 10.9. The molecule has 0 aliphatic carbocycles. The van der Waals surface area contributed by atoms with E-state index in [-0.39, 0.29) is 16.5 Å². The van der Waals surface area contributed by atoms with Crippen molar-refractivity contribution in [1.82, 2.24) is 5.32 Å². The third-order valence-corrected chi connectivity index (χ3v) is 4.95. The minimum absolute atomic E-state index is 0.141. The van der Waals surface area contributed by atoms with Gasteiger partial charge < -0.3 is 5.32 Å². The molecule has 0 radical (unpaired) electrons. The highest BCUT2D eigenvalue weighted by Crippen LogP contribution is 2.20. The largest absolute Gasteiger partial charge is 0.349 e. The molecule has 0 aromatic heterocycles. The maximum Gasteiger partial charge on any atom is 0.252 e. The SMILES string of the molecule is CC(CS(C)=O)NC(=O)c1cc(S(N)(=O)=O)ccc1Br. The fourth-order valence-corrected chi connectivity index (χ4v) is 3.30. The van der Waals surface area contributed by atoms with Gasteiger partial charge >= 0.3 is 0 Å². The van der Waals surface area contributed by atoms with E-state index in [1.165, 1.54) is 18.2 Å². The van der Waals surface area contributed by atoms with Gasteiger partial charge in [0.25, 0.3) is 5.91 Å². The van der Waals surface area contributed by atoms with Gasteiger partial charge in [-0.05, 0) is 41.1 Å². The second kappa shape index (κ2) is 6.79. The van der Waals surface area contributed by atoms with Crippen molar-refractivity contribution in [3.05, 3.63) is 28.2 Å². The van der Waals surface area contributed by atoms with Crippen LogP contribution in [0, 0.1) is 0 Å². The number of benzene rings is 1. The first-order chi connectivity index (χ1) is 9.11. The van der Waals surface area contributed by atoms with Gasteiger partial charge in [0, 0.05) is 33.3 Å². The molecular formula is C11H15BrN2O4S2. The van der Waals surface area contributed by atoms with Gasteiger partial charge in [-0.1, -0.05) is 0 Å². The minimum Gasteiger partial charge on any atom is -0.349 e. The monoisotopic (exact) mass is 382 g/mol. The zero-order chi connectivity index (χ0) is 15.5. The normalized spacial score (nSPS) is 14.6. The fraction of sp³-hybridized carbons (Fsp3) is 0.364. The first-order valence-corrected chi connectivity index (χ1v) is 9.61. The molecule has 0 spiro atoms. The van der Waals surface area contributed by atoms with Crippen LogP contribution in [0.25, 0.3) is 0 Å². The predicted octanol–water partition coefficient (Wildman–Crippen LogP) is 0.593. The lowest BCUT2D eigenvalue weighted by Gasteiger charge is -2.13. The number of rotatable bonds is 5. The number of hydrogen-bond acceptors (Lipinski definition) is 4. The van der Waals surface area contributed by atoms with Crippen molar-refractivity contribution in [2.24, 2.45) is 5.14 Å². The van der Waals surface area contributed by atoms with E-state index in [1.807, 2.05) is 0 Å². The van der Waals surface area contributed by atoms with Crippen LogP contribution >= 0.6 is 15.9 Å². The Labute approximate surface area is 128 Å². The van der Waals surface area contributed by atoms with Gasteiger partial charge in [0.2, 0.25) is 10.0 Å². The lowest BCUT2D eigenvalue weighted by molar-refractivity contribution is 0.0942. The molecule has 0 fully saturated rings. The van der Waals surface area contributed by atoms with Crippen molar-refractivity contribution >= 4 is 42.7 Å². The molecule has 6 nitrogen and oxygen atoms in total. The van der Waals surface area contributed by atoms with Crippen LogP contribution in [-0.2, 0) is 20.8 Å². The Balaban J connectivity index is 3.01. The lowest BCUT2D eigenvalue weighted by atomic mass is 10.2. The number of carbonyl (C=O) groups is 1. The van der Waals surface area contributed by atoms with Crippen molar-refractivity contribution in [3.63, 3.8) is 0 Å². The molecule has 3 N–H and O–H groups in total. The van der Waals surface area contributed by atoms with E-state index in [9.17, 15) is 17.4 Å². The van der Waals surface area contributed by atoms with Gasteiger partial charge in [-0.3, -0.25) is 9.00 Å². The van der Waals surface area contributed by atoms with Crippen LogP contribution in [0.1, 0.15) is 17.3 Å². The molecule has 0 heterocycles. The van der Waals surface area contributed by atoms with Gasteiger partial charge in [0.1, 0.15) is 0 Å². The topological polar surface area (TPSA) is 106 Å². The maximum atomic E-state index is 12.1. The Morgan fingerprint density at radius 3 is 2.60 bits per heavy atom. The third kappa shape index (κ3) is 4.97. The Bertz CT molecular complexity index is 646. The van der Waals surface area contributed by atoms with Gasteiger partial charge in [0.15, 0.2) is 0 Å². The van der Waals surface area contributed by atoms with Crippen LogP contribution in [-0.4, -0.2) is 36.6 Å². The molecule has 20 heavy (non-hydrogen) atoms. The van der Waals surface area contributed by atoms with Crippen molar-refractivity contribution in [2.45, 2.75) is 17.9 Å². The highest BCUT2D eigenvalue weighted by atomic mass is 79.9. The first-order valence-electron chi connectivity index (χ1n) is 5.54. The van der Waals surface area contributed by atoms with Crippen molar-refractivity contribution in [2.75, 3.05) is 12.0 Å². The Kier molecular flexibility index (Phi) is 5.87. The molecule has 112 valence electrons. The summed E-state index contributed by atoms with van der Waals surface area (Å²) in [5.41, 5.74) is 0.158. The van der Waals surface area contributed by atoms with Crippen molar-refractivity contribution in [1.29, 1.82) is 0 Å². The summed E-state index contributed by atoms with van der Waals surface area (Å²) in [5, 5.41) is 7.68. The van der Waals surface area contributed by atoms with Crippen LogP contribution in [0.4, 0.5) is 0 Å². The Morgan fingerprint density at radius 2 is 2.10 bits per heavy atom. The fourth-order valence-electron chi connectivity index (χ4n) is 1.55. The van der Waals surface area contributed by atoms with Gasteiger partial charge in [-0.25, -0.2) is 13.6 Å².